The lowest BCUT2D eigenvalue weighted by atomic mass is 9.99. The maximum atomic E-state index is 11.7. The Hall–Kier alpha value is -2.61. The summed E-state index contributed by atoms with van der Waals surface area (Å²) in [5.41, 5.74) is -0.437. The molecule has 0 fully saturated rings. The number of carbonyl (C=O) groups is 3. The Bertz CT molecular complexity index is 684. The van der Waals surface area contributed by atoms with E-state index in [2.05, 4.69) is 29.2 Å². The number of carbonyl (C=O) groups excluding carboxylic acids is 3. The average molecular weight is 441 g/mol. The number of nitrogens with one attached hydrogen (secondary N) is 2. The van der Waals surface area contributed by atoms with E-state index in [0.29, 0.717) is 17.5 Å². The van der Waals surface area contributed by atoms with Crippen LogP contribution in [0.15, 0.2) is 24.3 Å². The topological polar surface area (TPSA) is 114 Å². The first-order valence-corrected chi connectivity index (χ1v) is 9.92. The summed E-state index contributed by atoms with van der Waals surface area (Å²) in [6.45, 7) is 12.8. The van der Waals surface area contributed by atoms with Crippen LogP contribution < -0.4 is 15.4 Å². The maximum Gasteiger partial charge on any atom is 0.413 e. The lowest BCUT2D eigenvalue weighted by molar-refractivity contribution is -0.119. The van der Waals surface area contributed by atoms with Crippen molar-refractivity contribution in [3.05, 3.63) is 29.8 Å². The summed E-state index contributed by atoms with van der Waals surface area (Å²) in [5, 5.41) is 14.9. The van der Waals surface area contributed by atoms with Crippen molar-refractivity contribution in [2.75, 3.05) is 7.11 Å². The van der Waals surface area contributed by atoms with Crippen LogP contribution in [0.3, 0.4) is 0 Å². The summed E-state index contributed by atoms with van der Waals surface area (Å²) < 4.78 is 9.62. The minimum atomic E-state index is -0.803. The number of esters is 1. The standard InChI is InChI=1S/C14H19NO5.C8H17NO.CH4/c1-9(16)14(2,3)15-13(18)20-11-7-5-10(6-8-11)12(17)19-4;1-6(2)5-7(3)9-8(4)10;/h5-9,16H,1-4H3,(H,15,18);6-7H,5H2,1-4H3,(H,9,10);1H4. The number of benzene rings is 1. The van der Waals surface area contributed by atoms with Crippen LogP contribution in [0.1, 0.15) is 72.7 Å². The van der Waals surface area contributed by atoms with E-state index in [9.17, 15) is 19.5 Å². The molecule has 1 aromatic carbocycles. The molecule has 0 heterocycles. The van der Waals surface area contributed by atoms with Crippen LogP contribution in [0.4, 0.5) is 4.79 Å². The van der Waals surface area contributed by atoms with E-state index in [1.807, 2.05) is 6.92 Å². The molecule has 31 heavy (non-hydrogen) atoms. The Balaban J connectivity index is 0. The predicted molar refractivity (Wildman–Crippen MR) is 122 cm³/mol. The summed E-state index contributed by atoms with van der Waals surface area (Å²) in [4.78, 5) is 33.4. The molecule has 0 aromatic heterocycles. The molecule has 0 bridgehead atoms. The van der Waals surface area contributed by atoms with Crippen LogP contribution in [0.2, 0.25) is 0 Å². The molecule has 2 atom stereocenters. The largest absolute Gasteiger partial charge is 0.465 e. The van der Waals surface area contributed by atoms with Crippen molar-refractivity contribution in [1.29, 1.82) is 0 Å². The lowest BCUT2D eigenvalue weighted by Gasteiger charge is -2.28. The van der Waals surface area contributed by atoms with Crippen LogP contribution in [0.25, 0.3) is 0 Å². The average Bonchev–Trinajstić information content (AvgIpc) is 2.60. The predicted octanol–water partition coefficient (Wildman–Crippen LogP) is 3.91. The lowest BCUT2D eigenvalue weighted by Crippen LogP contribution is -2.51. The van der Waals surface area contributed by atoms with Gasteiger partial charge in [0.15, 0.2) is 0 Å². The molecule has 0 aliphatic rings. The number of ether oxygens (including phenoxy) is 2. The quantitative estimate of drug-likeness (QED) is 0.554. The molecule has 0 saturated carbocycles. The number of amides is 2. The van der Waals surface area contributed by atoms with Crippen LogP contribution in [-0.2, 0) is 9.53 Å². The zero-order chi connectivity index (χ0) is 23.5. The van der Waals surface area contributed by atoms with E-state index >= 15 is 0 Å². The van der Waals surface area contributed by atoms with Crippen LogP contribution in [0, 0.1) is 5.92 Å². The molecule has 0 aliphatic heterocycles. The Morgan fingerprint density at radius 1 is 1.06 bits per heavy atom. The van der Waals surface area contributed by atoms with Gasteiger partial charge < -0.3 is 25.2 Å². The number of hydrogen-bond acceptors (Lipinski definition) is 6. The second kappa shape index (κ2) is 14.4. The molecule has 0 radical (unpaired) electrons. The molecule has 2 unspecified atom stereocenters. The first-order valence-electron chi connectivity index (χ1n) is 9.92. The molecular formula is C23H40N2O6. The summed E-state index contributed by atoms with van der Waals surface area (Å²) >= 11 is 0. The second-order valence-electron chi connectivity index (χ2n) is 8.16. The minimum absolute atomic E-state index is 0. The summed E-state index contributed by atoms with van der Waals surface area (Å²) in [6, 6.07) is 6.28. The fourth-order valence-electron chi connectivity index (χ4n) is 2.39. The Morgan fingerprint density at radius 2 is 1.58 bits per heavy atom. The molecule has 3 N–H and O–H groups in total. The van der Waals surface area contributed by atoms with Gasteiger partial charge in [-0.2, -0.15) is 0 Å². The van der Waals surface area contributed by atoms with Crippen LogP contribution in [0.5, 0.6) is 5.75 Å². The Labute approximate surface area is 186 Å². The highest BCUT2D eigenvalue weighted by atomic mass is 16.6. The van der Waals surface area contributed by atoms with Crippen molar-refractivity contribution in [2.45, 2.75) is 80.0 Å². The van der Waals surface area contributed by atoms with Gasteiger partial charge in [0.1, 0.15) is 5.75 Å². The third-order valence-corrected chi connectivity index (χ3v) is 4.23. The van der Waals surface area contributed by atoms with Gasteiger partial charge in [0.2, 0.25) is 5.91 Å². The van der Waals surface area contributed by atoms with E-state index < -0.39 is 23.7 Å². The number of rotatable bonds is 7. The normalized spacial score (nSPS) is 12.3. The van der Waals surface area contributed by atoms with Gasteiger partial charge in [-0.3, -0.25) is 4.79 Å². The second-order valence-corrected chi connectivity index (χ2v) is 8.16. The highest BCUT2D eigenvalue weighted by Gasteiger charge is 2.26. The summed E-state index contributed by atoms with van der Waals surface area (Å²) in [6.07, 6.45) is -0.349. The Kier molecular flexibility index (Phi) is 14.2. The minimum Gasteiger partial charge on any atom is -0.465 e. The third-order valence-electron chi connectivity index (χ3n) is 4.23. The van der Waals surface area contributed by atoms with E-state index in [-0.39, 0.29) is 19.1 Å². The highest BCUT2D eigenvalue weighted by molar-refractivity contribution is 5.89. The molecule has 1 rings (SSSR count). The maximum absolute atomic E-state index is 11.7. The SMILES string of the molecule is C.CC(=O)NC(C)CC(C)C.COC(=O)c1ccc(OC(=O)NC(C)(C)C(C)O)cc1. The monoisotopic (exact) mass is 440 g/mol. The summed E-state index contributed by atoms with van der Waals surface area (Å²) in [7, 11) is 1.29. The van der Waals surface area contributed by atoms with Gasteiger partial charge in [-0.15, -0.1) is 0 Å². The van der Waals surface area contributed by atoms with Crippen LogP contribution >= 0.6 is 0 Å². The van der Waals surface area contributed by atoms with E-state index in [0.717, 1.165) is 6.42 Å². The van der Waals surface area contributed by atoms with Gasteiger partial charge >= 0.3 is 12.1 Å². The van der Waals surface area contributed by atoms with Gasteiger partial charge in [-0.1, -0.05) is 21.3 Å². The first-order chi connectivity index (χ1) is 13.8. The van der Waals surface area contributed by atoms with Crippen LogP contribution in [-0.4, -0.2) is 47.9 Å². The molecule has 0 spiro atoms. The number of aliphatic hydroxyl groups is 1. The molecule has 2 amide bonds. The van der Waals surface area contributed by atoms with Gasteiger partial charge in [0.25, 0.3) is 0 Å². The van der Waals surface area contributed by atoms with Crippen molar-refractivity contribution >= 4 is 18.0 Å². The zero-order valence-corrected chi connectivity index (χ0v) is 19.2. The van der Waals surface area contributed by atoms with Gasteiger partial charge in [0, 0.05) is 13.0 Å². The van der Waals surface area contributed by atoms with Gasteiger partial charge in [0.05, 0.1) is 24.3 Å². The smallest absolute Gasteiger partial charge is 0.413 e. The van der Waals surface area contributed by atoms with E-state index in [1.165, 1.54) is 31.4 Å². The molecule has 178 valence electrons. The van der Waals surface area contributed by atoms with Crippen molar-refractivity contribution in [3.63, 3.8) is 0 Å². The Morgan fingerprint density at radius 3 is 1.97 bits per heavy atom. The van der Waals surface area contributed by atoms with Gasteiger partial charge in [-0.05, 0) is 64.3 Å². The number of hydrogen-bond donors (Lipinski definition) is 3. The van der Waals surface area contributed by atoms with E-state index in [4.69, 9.17) is 4.74 Å². The molecule has 1 aromatic rings. The van der Waals surface area contributed by atoms with E-state index in [1.54, 1.807) is 27.7 Å². The molecule has 0 saturated heterocycles. The highest BCUT2D eigenvalue weighted by Crippen LogP contribution is 2.14. The summed E-state index contributed by atoms with van der Waals surface area (Å²) in [5.74, 6) is 0.544. The van der Waals surface area contributed by atoms with Crippen molar-refractivity contribution in [1.82, 2.24) is 10.6 Å². The third kappa shape index (κ3) is 13.3. The van der Waals surface area contributed by atoms with Crippen molar-refractivity contribution in [2.24, 2.45) is 5.92 Å². The molecule has 0 aliphatic carbocycles. The molecule has 8 nitrogen and oxygen atoms in total. The first kappa shape index (κ1) is 30.6. The fourth-order valence-corrected chi connectivity index (χ4v) is 2.39. The molecule has 8 heteroatoms. The van der Waals surface area contributed by atoms with Crippen molar-refractivity contribution < 1.29 is 29.0 Å². The van der Waals surface area contributed by atoms with Gasteiger partial charge in [-0.25, -0.2) is 9.59 Å². The zero-order valence-electron chi connectivity index (χ0n) is 19.2. The number of methoxy groups -OCH3 is 1. The number of aliphatic hydroxyl groups excluding tert-OH is 1. The fraction of sp³-hybridized carbons (Fsp3) is 0.609. The molecular weight excluding hydrogens is 400 g/mol. The van der Waals surface area contributed by atoms with Crippen molar-refractivity contribution in [3.8, 4) is 5.75 Å².